The lowest BCUT2D eigenvalue weighted by Gasteiger charge is -2.19. The number of nitrogens with one attached hydrogen (secondary N) is 1. The molecule has 1 heterocycles. The Morgan fingerprint density at radius 1 is 1.20 bits per heavy atom. The zero-order valence-corrected chi connectivity index (χ0v) is 14.7. The van der Waals surface area contributed by atoms with Gasteiger partial charge in [-0.2, -0.15) is 0 Å². The number of ether oxygens (including phenoxy) is 2. The van der Waals surface area contributed by atoms with Crippen molar-refractivity contribution in [3.8, 4) is 5.75 Å². The van der Waals surface area contributed by atoms with E-state index in [0.717, 1.165) is 0 Å². The average Bonchev–Trinajstić information content (AvgIpc) is 2.88. The molecule has 1 aliphatic rings. The predicted octanol–water partition coefficient (Wildman–Crippen LogP) is 0.828. The molecule has 1 aliphatic heterocycles. The van der Waals surface area contributed by atoms with Crippen molar-refractivity contribution in [3.05, 3.63) is 30.1 Å². The van der Waals surface area contributed by atoms with Gasteiger partial charge in [-0.1, -0.05) is 0 Å². The smallest absolute Gasteiger partial charge is 0.347 e. The number of esters is 1. The van der Waals surface area contributed by atoms with E-state index in [1.165, 1.54) is 38.1 Å². The third kappa shape index (κ3) is 5.70. The fourth-order valence-corrected chi connectivity index (χ4v) is 3.99. The molecule has 1 aromatic carbocycles. The molecular formula is C16H20FNO6S. The summed E-state index contributed by atoms with van der Waals surface area (Å²) < 4.78 is 45.9. The Labute approximate surface area is 145 Å². The summed E-state index contributed by atoms with van der Waals surface area (Å²) in [4.78, 5) is 24.0. The van der Waals surface area contributed by atoms with E-state index < -0.39 is 45.8 Å². The molecule has 25 heavy (non-hydrogen) atoms. The molecule has 0 spiro atoms. The molecule has 0 aromatic heterocycles. The Bertz CT molecular complexity index is 733. The number of carbonyl (C=O) groups excluding carboxylic acids is 2. The summed E-state index contributed by atoms with van der Waals surface area (Å²) in [6.45, 7) is 2.83. The van der Waals surface area contributed by atoms with Gasteiger partial charge in [0.2, 0.25) is 0 Å². The van der Waals surface area contributed by atoms with Crippen LogP contribution in [0.15, 0.2) is 24.3 Å². The molecule has 138 valence electrons. The van der Waals surface area contributed by atoms with Crippen LogP contribution in [0.4, 0.5) is 4.39 Å². The van der Waals surface area contributed by atoms with E-state index >= 15 is 0 Å². The van der Waals surface area contributed by atoms with Crippen molar-refractivity contribution in [2.45, 2.75) is 38.5 Å². The van der Waals surface area contributed by atoms with E-state index in [4.69, 9.17) is 9.47 Å². The summed E-state index contributed by atoms with van der Waals surface area (Å²) in [5.74, 6) is -1.53. The third-order valence-electron chi connectivity index (χ3n) is 3.70. The molecule has 0 aliphatic carbocycles. The number of carbonyl (C=O) groups is 2. The molecule has 0 saturated carbocycles. The molecule has 1 fully saturated rings. The SMILES string of the molecule is C[C@H](OC(=O)[C@@H](C)Oc1ccc(F)cc1)C(=O)N[C@@H]1CCS(=O)(=O)C1. The van der Waals surface area contributed by atoms with Crippen molar-refractivity contribution in [1.82, 2.24) is 5.32 Å². The van der Waals surface area contributed by atoms with Crippen molar-refractivity contribution in [2.75, 3.05) is 11.5 Å². The van der Waals surface area contributed by atoms with Gasteiger partial charge in [-0.15, -0.1) is 0 Å². The van der Waals surface area contributed by atoms with Crippen LogP contribution in [0.1, 0.15) is 20.3 Å². The molecule has 1 N–H and O–H groups in total. The summed E-state index contributed by atoms with van der Waals surface area (Å²) in [6, 6.07) is 4.66. The number of amides is 1. The summed E-state index contributed by atoms with van der Waals surface area (Å²) in [6.07, 6.45) is -1.73. The number of benzene rings is 1. The fourth-order valence-electron chi connectivity index (χ4n) is 2.32. The molecule has 1 aromatic rings. The third-order valence-corrected chi connectivity index (χ3v) is 5.47. The van der Waals surface area contributed by atoms with Gasteiger partial charge in [0.1, 0.15) is 11.6 Å². The zero-order chi connectivity index (χ0) is 18.6. The van der Waals surface area contributed by atoms with Crippen molar-refractivity contribution in [2.24, 2.45) is 0 Å². The quantitative estimate of drug-likeness (QED) is 0.742. The van der Waals surface area contributed by atoms with Crippen LogP contribution in [0.25, 0.3) is 0 Å². The van der Waals surface area contributed by atoms with Gasteiger partial charge in [-0.05, 0) is 44.5 Å². The first-order valence-corrected chi connectivity index (χ1v) is 9.62. The summed E-state index contributed by atoms with van der Waals surface area (Å²) in [5, 5.41) is 2.56. The molecule has 1 amide bonds. The van der Waals surface area contributed by atoms with Crippen LogP contribution in [-0.4, -0.2) is 50.0 Å². The van der Waals surface area contributed by atoms with Gasteiger partial charge in [0.15, 0.2) is 22.0 Å². The van der Waals surface area contributed by atoms with Gasteiger partial charge in [0.25, 0.3) is 5.91 Å². The lowest BCUT2D eigenvalue weighted by molar-refractivity contribution is -0.161. The lowest BCUT2D eigenvalue weighted by Crippen LogP contribution is -2.43. The molecule has 9 heteroatoms. The number of halogens is 1. The fraction of sp³-hybridized carbons (Fsp3) is 0.500. The van der Waals surface area contributed by atoms with Crippen molar-refractivity contribution in [3.63, 3.8) is 0 Å². The van der Waals surface area contributed by atoms with Crippen LogP contribution in [0.3, 0.4) is 0 Å². The Morgan fingerprint density at radius 2 is 1.84 bits per heavy atom. The molecule has 3 atom stereocenters. The maximum Gasteiger partial charge on any atom is 0.347 e. The Kier molecular flexibility index (Phi) is 5.99. The number of sulfone groups is 1. The Balaban J connectivity index is 1.82. The van der Waals surface area contributed by atoms with Crippen LogP contribution in [-0.2, 0) is 24.2 Å². The Morgan fingerprint density at radius 3 is 2.40 bits per heavy atom. The van der Waals surface area contributed by atoms with E-state index in [9.17, 15) is 22.4 Å². The first-order chi connectivity index (χ1) is 11.7. The van der Waals surface area contributed by atoms with E-state index in [1.807, 2.05) is 0 Å². The highest BCUT2D eigenvalue weighted by molar-refractivity contribution is 7.91. The summed E-state index contributed by atoms with van der Waals surface area (Å²) in [7, 11) is -3.11. The molecule has 7 nitrogen and oxygen atoms in total. The minimum atomic E-state index is -3.11. The maximum atomic E-state index is 12.8. The monoisotopic (exact) mass is 373 g/mol. The topological polar surface area (TPSA) is 98.8 Å². The second-order valence-corrected chi connectivity index (χ2v) is 8.13. The van der Waals surface area contributed by atoms with Gasteiger partial charge in [-0.3, -0.25) is 4.79 Å². The predicted molar refractivity (Wildman–Crippen MR) is 87.2 cm³/mol. The molecule has 1 saturated heterocycles. The zero-order valence-electron chi connectivity index (χ0n) is 13.9. The van der Waals surface area contributed by atoms with E-state index in [1.54, 1.807) is 0 Å². The number of hydrogen-bond donors (Lipinski definition) is 1. The van der Waals surface area contributed by atoms with Gasteiger partial charge in [0, 0.05) is 6.04 Å². The van der Waals surface area contributed by atoms with Crippen LogP contribution in [0, 0.1) is 5.82 Å². The van der Waals surface area contributed by atoms with Crippen molar-refractivity contribution < 1.29 is 31.9 Å². The highest BCUT2D eigenvalue weighted by Gasteiger charge is 2.31. The summed E-state index contributed by atoms with van der Waals surface area (Å²) >= 11 is 0. The summed E-state index contributed by atoms with van der Waals surface area (Å²) in [5.41, 5.74) is 0. The van der Waals surface area contributed by atoms with Gasteiger partial charge < -0.3 is 14.8 Å². The molecule has 0 unspecified atom stereocenters. The highest BCUT2D eigenvalue weighted by atomic mass is 32.2. The minimum absolute atomic E-state index is 0.0364. The van der Waals surface area contributed by atoms with Crippen molar-refractivity contribution >= 4 is 21.7 Å². The van der Waals surface area contributed by atoms with E-state index in [0.29, 0.717) is 12.2 Å². The number of hydrogen-bond acceptors (Lipinski definition) is 6. The molecule has 0 bridgehead atoms. The van der Waals surface area contributed by atoms with Gasteiger partial charge in [0.05, 0.1) is 11.5 Å². The first kappa shape index (κ1) is 19.2. The maximum absolute atomic E-state index is 12.8. The van der Waals surface area contributed by atoms with Crippen molar-refractivity contribution in [1.29, 1.82) is 0 Å². The average molecular weight is 373 g/mol. The Hall–Kier alpha value is -2.16. The number of rotatable bonds is 6. The first-order valence-electron chi connectivity index (χ1n) is 7.80. The normalized spacial score (nSPS) is 21.2. The second kappa shape index (κ2) is 7.81. The molecule has 0 radical (unpaired) electrons. The lowest BCUT2D eigenvalue weighted by atomic mass is 10.2. The van der Waals surface area contributed by atoms with Crippen LogP contribution in [0.5, 0.6) is 5.75 Å². The van der Waals surface area contributed by atoms with Crippen LogP contribution < -0.4 is 10.1 Å². The van der Waals surface area contributed by atoms with E-state index in [-0.39, 0.29) is 11.5 Å². The largest absolute Gasteiger partial charge is 0.479 e. The van der Waals surface area contributed by atoms with E-state index in [2.05, 4.69) is 5.32 Å². The van der Waals surface area contributed by atoms with Crippen LogP contribution in [0.2, 0.25) is 0 Å². The second-order valence-electron chi connectivity index (χ2n) is 5.90. The minimum Gasteiger partial charge on any atom is -0.479 e. The molecule has 2 rings (SSSR count). The standard InChI is InChI=1S/C16H20FNO6S/c1-10(15(19)18-13-7-8-25(21,22)9-13)24-16(20)11(2)23-14-5-3-12(17)4-6-14/h3-6,10-11,13H,7-9H2,1-2H3,(H,18,19)/t10-,11+,13+/m0/s1. The van der Waals surface area contributed by atoms with Crippen LogP contribution >= 0.6 is 0 Å². The highest BCUT2D eigenvalue weighted by Crippen LogP contribution is 2.14. The van der Waals surface area contributed by atoms with Gasteiger partial charge >= 0.3 is 5.97 Å². The van der Waals surface area contributed by atoms with Gasteiger partial charge in [-0.25, -0.2) is 17.6 Å². The molecular weight excluding hydrogens is 353 g/mol.